The van der Waals surface area contributed by atoms with E-state index < -0.39 is 6.10 Å². The predicted octanol–water partition coefficient (Wildman–Crippen LogP) is 2.26. The second-order valence-electron chi connectivity index (χ2n) is 5.55. The lowest BCUT2D eigenvalue weighted by Crippen LogP contribution is -2.43. The smallest absolute Gasteiger partial charge is 0.119 e. The summed E-state index contributed by atoms with van der Waals surface area (Å²) in [5, 5.41) is 10.7. The Hall–Kier alpha value is -1.10. The number of nitrogens with two attached hydrogens (primary N) is 1. The van der Waals surface area contributed by atoms with E-state index in [1.165, 1.54) is 0 Å². The summed E-state index contributed by atoms with van der Waals surface area (Å²) in [4.78, 5) is 0. The van der Waals surface area contributed by atoms with Crippen molar-refractivity contribution in [2.45, 2.75) is 32.3 Å². The molecule has 112 valence electrons. The highest BCUT2D eigenvalue weighted by Gasteiger charge is 2.39. The molecule has 2 atom stereocenters. The van der Waals surface area contributed by atoms with Crippen molar-refractivity contribution in [2.75, 3.05) is 26.4 Å². The Morgan fingerprint density at radius 1 is 1.50 bits per heavy atom. The molecule has 0 aromatic heterocycles. The summed E-state index contributed by atoms with van der Waals surface area (Å²) in [5.74, 6) is 0.798. The molecule has 4 nitrogen and oxygen atoms in total. The van der Waals surface area contributed by atoms with Gasteiger partial charge in [0.25, 0.3) is 0 Å². The largest absolute Gasteiger partial charge is 0.494 e. The van der Waals surface area contributed by atoms with Gasteiger partial charge in [0.2, 0.25) is 0 Å². The minimum Gasteiger partial charge on any atom is -0.494 e. The molecular formula is C16H25NO3. The number of ether oxygens (including phenoxy) is 2. The van der Waals surface area contributed by atoms with Crippen LogP contribution >= 0.6 is 0 Å². The highest BCUT2D eigenvalue weighted by Crippen LogP contribution is 2.40. The van der Waals surface area contributed by atoms with E-state index in [2.05, 4.69) is 6.92 Å². The van der Waals surface area contributed by atoms with E-state index in [-0.39, 0.29) is 5.41 Å². The molecule has 1 heterocycles. The fourth-order valence-electron chi connectivity index (χ4n) is 2.71. The molecule has 3 N–H and O–H groups in total. The first kappa shape index (κ1) is 15.3. The van der Waals surface area contributed by atoms with E-state index in [4.69, 9.17) is 15.2 Å². The van der Waals surface area contributed by atoms with Crippen LogP contribution < -0.4 is 10.5 Å². The highest BCUT2D eigenvalue weighted by molar-refractivity contribution is 5.31. The van der Waals surface area contributed by atoms with Crippen molar-refractivity contribution in [2.24, 2.45) is 11.1 Å². The van der Waals surface area contributed by atoms with Crippen LogP contribution in [0.4, 0.5) is 0 Å². The fourth-order valence-corrected chi connectivity index (χ4v) is 2.71. The highest BCUT2D eigenvalue weighted by atomic mass is 16.5. The normalized spacial score (nSPS) is 24.4. The molecule has 0 saturated carbocycles. The molecule has 2 rings (SSSR count). The average molecular weight is 279 g/mol. The molecule has 0 aliphatic carbocycles. The molecule has 4 heteroatoms. The molecule has 1 aromatic carbocycles. The molecule has 1 fully saturated rings. The zero-order valence-corrected chi connectivity index (χ0v) is 12.2. The molecule has 20 heavy (non-hydrogen) atoms. The van der Waals surface area contributed by atoms with E-state index in [0.717, 1.165) is 37.2 Å². The summed E-state index contributed by atoms with van der Waals surface area (Å²) < 4.78 is 11.2. The minimum absolute atomic E-state index is 0.373. The molecule has 1 aromatic rings. The van der Waals surface area contributed by atoms with E-state index in [1.807, 2.05) is 24.3 Å². The molecule has 1 saturated heterocycles. The van der Waals surface area contributed by atoms with Crippen LogP contribution in [0.25, 0.3) is 0 Å². The quantitative estimate of drug-likeness (QED) is 0.838. The Morgan fingerprint density at radius 3 is 3.00 bits per heavy atom. The van der Waals surface area contributed by atoms with Crippen molar-refractivity contribution < 1.29 is 14.6 Å². The van der Waals surface area contributed by atoms with Gasteiger partial charge >= 0.3 is 0 Å². The maximum Gasteiger partial charge on any atom is 0.119 e. The van der Waals surface area contributed by atoms with Crippen LogP contribution in [0.2, 0.25) is 0 Å². The number of benzene rings is 1. The lowest BCUT2D eigenvalue weighted by atomic mass is 9.75. The van der Waals surface area contributed by atoms with Gasteiger partial charge in [-0.1, -0.05) is 19.1 Å². The molecule has 1 aliphatic heterocycles. The van der Waals surface area contributed by atoms with Gasteiger partial charge in [0.1, 0.15) is 5.75 Å². The monoisotopic (exact) mass is 279 g/mol. The van der Waals surface area contributed by atoms with Crippen LogP contribution in [0, 0.1) is 5.41 Å². The summed E-state index contributed by atoms with van der Waals surface area (Å²) in [6, 6.07) is 7.66. The summed E-state index contributed by atoms with van der Waals surface area (Å²) >= 11 is 0. The lowest BCUT2D eigenvalue weighted by Gasteiger charge is -2.40. The van der Waals surface area contributed by atoms with Gasteiger partial charge in [0, 0.05) is 18.6 Å². The molecule has 2 unspecified atom stereocenters. The fraction of sp³-hybridized carbons (Fsp3) is 0.625. The van der Waals surface area contributed by atoms with Crippen molar-refractivity contribution in [3.63, 3.8) is 0 Å². The molecule has 0 bridgehead atoms. The topological polar surface area (TPSA) is 64.7 Å². The van der Waals surface area contributed by atoms with Crippen molar-refractivity contribution >= 4 is 0 Å². The minimum atomic E-state index is -0.613. The number of hydrogen-bond donors (Lipinski definition) is 2. The maximum atomic E-state index is 10.7. The Morgan fingerprint density at radius 2 is 2.35 bits per heavy atom. The van der Waals surface area contributed by atoms with Gasteiger partial charge in [0.05, 0.1) is 19.3 Å². The van der Waals surface area contributed by atoms with Crippen LogP contribution in [0.3, 0.4) is 0 Å². The zero-order valence-electron chi connectivity index (χ0n) is 12.2. The van der Waals surface area contributed by atoms with Crippen LogP contribution in [0.1, 0.15) is 37.9 Å². The van der Waals surface area contributed by atoms with Gasteiger partial charge < -0.3 is 20.3 Å². The van der Waals surface area contributed by atoms with Crippen molar-refractivity contribution in [3.8, 4) is 5.75 Å². The summed E-state index contributed by atoms with van der Waals surface area (Å²) in [6.45, 7) is 4.46. The second-order valence-corrected chi connectivity index (χ2v) is 5.55. The third kappa shape index (κ3) is 3.32. The average Bonchev–Trinajstić information content (AvgIpc) is 2.53. The number of aliphatic hydroxyl groups is 1. The van der Waals surface area contributed by atoms with E-state index in [0.29, 0.717) is 19.8 Å². The Labute approximate surface area is 120 Å². The SMILES string of the molecule is CCCOc1cccc(C(O)C2(CN)CCCOC2)c1. The summed E-state index contributed by atoms with van der Waals surface area (Å²) in [5.41, 5.74) is 6.41. The lowest BCUT2D eigenvalue weighted by molar-refractivity contribution is -0.0782. The van der Waals surface area contributed by atoms with Crippen LogP contribution in [0.5, 0.6) is 5.75 Å². The third-order valence-electron chi connectivity index (χ3n) is 3.99. The molecule has 0 amide bonds. The maximum absolute atomic E-state index is 10.7. The van der Waals surface area contributed by atoms with Gasteiger partial charge in [-0.25, -0.2) is 0 Å². The summed E-state index contributed by atoms with van der Waals surface area (Å²) in [6.07, 6.45) is 2.19. The molecule has 1 aliphatic rings. The Balaban J connectivity index is 2.16. The second kappa shape index (κ2) is 7.07. The third-order valence-corrected chi connectivity index (χ3v) is 3.99. The van der Waals surface area contributed by atoms with Crippen molar-refractivity contribution in [1.29, 1.82) is 0 Å². The van der Waals surface area contributed by atoms with Gasteiger partial charge in [-0.2, -0.15) is 0 Å². The van der Waals surface area contributed by atoms with Gasteiger partial charge in [-0.3, -0.25) is 0 Å². The molecule has 0 spiro atoms. The number of rotatable bonds is 6. The number of aliphatic hydroxyl groups excluding tert-OH is 1. The Kier molecular flexibility index (Phi) is 5.40. The zero-order chi connectivity index (χ0) is 14.4. The first-order valence-corrected chi connectivity index (χ1v) is 7.40. The van der Waals surface area contributed by atoms with E-state index >= 15 is 0 Å². The van der Waals surface area contributed by atoms with Crippen molar-refractivity contribution in [3.05, 3.63) is 29.8 Å². The molecule has 0 radical (unpaired) electrons. The summed E-state index contributed by atoms with van der Waals surface area (Å²) in [7, 11) is 0. The van der Waals surface area contributed by atoms with Crippen LogP contribution in [-0.4, -0.2) is 31.5 Å². The van der Waals surface area contributed by atoms with Gasteiger partial charge in [-0.15, -0.1) is 0 Å². The van der Waals surface area contributed by atoms with Crippen molar-refractivity contribution in [1.82, 2.24) is 0 Å². The van der Waals surface area contributed by atoms with Crippen LogP contribution in [-0.2, 0) is 4.74 Å². The van der Waals surface area contributed by atoms with Gasteiger partial charge in [0.15, 0.2) is 0 Å². The first-order valence-electron chi connectivity index (χ1n) is 7.40. The van der Waals surface area contributed by atoms with E-state index in [9.17, 15) is 5.11 Å². The van der Waals surface area contributed by atoms with Gasteiger partial charge in [-0.05, 0) is 37.0 Å². The number of hydrogen-bond acceptors (Lipinski definition) is 4. The first-order chi connectivity index (χ1) is 9.72. The Bertz CT molecular complexity index is 416. The van der Waals surface area contributed by atoms with E-state index in [1.54, 1.807) is 0 Å². The standard InChI is InChI=1S/C16H25NO3/c1-2-8-20-14-6-3-5-13(10-14)15(18)16(11-17)7-4-9-19-12-16/h3,5-6,10,15,18H,2,4,7-9,11-12,17H2,1H3. The van der Waals surface area contributed by atoms with Crippen LogP contribution in [0.15, 0.2) is 24.3 Å². The molecular weight excluding hydrogens is 254 g/mol. The predicted molar refractivity (Wildman–Crippen MR) is 78.7 cm³/mol.